The topological polar surface area (TPSA) is 86.6 Å². The number of amides is 1. The van der Waals surface area contributed by atoms with Gasteiger partial charge in [0.25, 0.3) is 5.91 Å². The van der Waals surface area contributed by atoms with E-state index in [0.717, 1.165) is 10.0 Å². The Morgan fingerprint density at radius 3 is 2.52 bits per heavy atom. The third kappa shape index (κ3) is 3.22. The highest BCUT2D eigenvalue weighted by Gasteiger charge is 2.16. The Morgan fingerprint density at radius 2 is 1.86 bits per heavy atom. The normalized spacial score (nSPS) is 10.2. The van der Waals surface area contributed by atoms with Crippen LogP contribution in [0.4, 0.5) is 5.69 Å². The molecule has 0 atom stereocenters. The number of hydrogen-bond acceptors (Lipinski definition) is 3. The van der Waals surface area contributed by atoms with Crippen LogP contribution in [0, 0.1) is 6.92 Å². The quantitative estimate of drug-likeness (QED) is 0.741. The van der Waals surface area contributed by atoms with E-state index in [4.69, 9.17) is 5.11 Å². The number of carboxylic acid groups (broad SMARTS) is 1. The largest absolute Gasteiger partial charge is 0.505 e. The van der Waals surface area contributed by atoms with Crippen LogP contribution >= 0.6 is 15.9 Å². The summed E-state index contributed by atoms with van der Waals surface area (Å²) in [6.45, 7) is 1.79. The number of carboxylic acids is 1. The van der Waals surface area contributed by atoms with Gasteiger partial charge in [0.15, 0.2) is 5.75 Å². The average Bonchev–Trinajstić information content (AvgIpc) is 2.43. The fourth-order valence-corrected chi connectivity index (χ4v) is 2.21. The van der Waals surface area contributed by atoms with Crippen LogP contribution in [0.2, 0.25) is 0 Å². The summed E-state index contributed by atoms with van der Waals surface area (Å²) in [4.78, 5) is 23.2. The zero-order chi connectivity index (χ0) is 15.6. The predicted molar refractivity (Wildman–Crippen MR) is 81.9 cm³/mol. The van der Waals surface area contributed by atoms with Crippen LogP contribution in [-0.2, 0) is 0 Å². The van der Waals surface area contributed by atoms with E-state index in [0.29, 0.717) is 5.56 Å². The fourth-order valence-electron chi connectivity index (χ4n) is 1.85. The molecule has 0 fully saturated rings. The molecule has 6 heteroatoms. The average molecular weight is 350 g/mol. The molecular formula is C15H12BrNO4. The number of anilines is 1. The number of nitrogens with one attached hydrogen (secondary N) is 1. The van der Waals surface area contributed by atoms with Crippen molar-refractivity contribution < 1.29 is 19.8 Å². The van der Waals surface area contributed by atoms with E-state index in [1.165, 1.54) is 18.2 Å². The summed E-state index contributed by atoms with van der Waals surface area (Å²) < 4.78 is 0.752. The maximum atomic E-state index is 12.2. The van der Waals surface area contributed by atoms with Crippen molar-refractivity contribution >= 4 is 33.5 Å². The van der Waals surface area contributed by atoms with Crippen molar-refractivity contribution in [3.05, 3.63) is 57.6 Å². The van der Waals surface area contributed by atoms with Gasteiger partial charge < -0.3 is 15.5 Å². The molecule has 0 aliphatic carbocycles. The Balaban J connectivity index is 2.34. The van der Waals surface area contributed by atoms with Crippen LogP contribution in [-0.4, -0.2) is 22.1 Å². The van der Waals surface area contributed by atoms with E-state index < -0.39 is 17.6 Å². The van der Waals surface area contributed by atoms with E-state index in [-0.39, 0.29) is 11.3 Å². The van der Waals surface area contributed by atoms with Gasteiger partial charge in [-0.1, -0.05) is 28.1 Å². The minimum Gasteiger partial charge on any atom is -0.505 e. The van der Waals surface area contributed by atoms with Gasteiger partial charge in [0.2, 0.25) is 0 Å². The van der Waals surface area contributed by atoms with Crippen molar-refractivity contribution in [3.63, 3.8) is 0 Å². The van der Waals surface area contributed by atoms with Crippen LogP contribution in [0.15, 0.2) is 40.9 Å². The molecule has 0 bridgehead atoms. The summed E-state index contributed by atoms with van der Waals surface area (Å²) in [7, 11) is 0. The maximum Gasteiger partial charge on any atom is 0.339 e. The number of phenols is 1. The van der Waals surface area contributed by atoms with E-state index >= 15 is 0 Å². The van der Waals surface area contributed by atoms with Gasteiger partial charge >= 0.3 is 5.97 Å². The molecule has 108 valence electrons. The Kier molecular flexibility index (Phi) is 4.28. The lowest BCUT2D eigenvalue weighted by Crippen LogP contribution is -2.14. The smallest absolute Gasteiger partial charge is 0.339 e. The van der Waals surface area contributed by atoms with Crippen molar-refractivity contribution in [1.29, 1.82) is 0 Å². The molecule has 2 aromatic rings. The van der Waals surface area contributed by atoms with Crippen LogP contribution < -0.4 is 5.32 Å². The molecule has 0 spiro atoms. The number of aryl methyl sites for hydroxylation is 1. The number of carbonyl (C=O) groups excluding carboxylic acids is 1. The van der Waals surface area contributed by atoms with Crippen LogP contribution in [0.1, 0.15) is 26.3 Å². The van der Waals surface area contributed by atoms with E-state index in [2.05, 4.69) is 21.2 Å². The van der Waals surface area contributed by atoms with Crippen LogP contribution in [0.5, 0.6) is 5.75 Å². The molecule has 5 nitrogen and oxygen atoms in total. The number of benzene rings is 2. The molecule has 0 saturated carbocycles. The van der Waals surface area contributed by atoms with Crippen molar-refractivity contribution in [3.8, 4) is 5.75 Å². The van der Waals surface area contributed by atoms with Gasteiger partial charge in [-0.25, -0.2) is 4.79 Å². The Morgan fingerprint density at radius 1 is 1.14 bits per heavy atom. The first-order valence-electron chi connectivity index (χ1n) is 6.03. The monoisotopic (exact) mass is 349 g/mol. The number of rotatable bonds is 3. The highest BCUT2D eigenvalue weighted by atomic mass is 79.9. The summed E-state index contributed by atoms with van der Waals surface area (Å²) in [5.41, 5.74) is 0.993. The molecular weight excluding hydrogens is 338 g/mol. The molecule has 0 aliphatic heterocycles. The highest BCUT2D eigenvalue weighted by molar-refractivity contribution is 9.10. The van der Waals surface area contributed by atoms with Gasteiger partial charge in [-0.2, -0.15) is 0 Å². The van der Waals surface area contributed by atoms with E-state index in [1.54, 1.807) is 19.1 Å². The molecule has 0 heterocycles. The minimum absolute atomic E-state index is 0.0549. The summed E-state index contributed by atoms with van der Waals surface area (Å²) in [6, 6.07) is 9.40. The maximum absolute atomic E-state index is 12.2. The first-order chi connectivity index (χ1) is 9.90. The lowest BCUT2D eigenvalue weighted by atomic mass is 10.1. The van der Waals surface area contributed by atoms with Crippen molar-refractivity contribution in [2.75, 3.05) is 5.32 Å². The second-order valence-corrected chi connectivity index (χ2v) is 5.34. The van der Waals surface area contributed by atoms with Crippen molar-refractivity contribution in [2.45, 2.75) is 6.92 Å². The molecule has 3 N–H and O–H groups in total. The molecule has 2 aromatic carbocycles. The van der Waals surface area contributed by atoms with Gasteiger partial charge in [-0.05, 0) is 36.8 Å². The second-order valence-electron chi connectivity index (χ2n) is 4.42. The molecule has 2 rings (SSSR count). The number of para-hydroxylation sites is 1. The van der Waals surface area contributed by atoms with Gasteiger partial charge in [-0.15, -0.1) is 0 Å². The Hall–Kier alpha value is -2.34. The summed E-state index contributed by atoms with van der Waals surface area (Å²) in [5.74, 6) is -2.15. The number of aromatic hydroxyl groups is 1. The number of aromatic carboxylic acids is 1. The zero-order valence-corrected chi connectivity index (χ0v) is 12.6. The van der Waals surface area contributed by atoms with E-state index in [9.17, 15) is 14.7 Å². The molecule has 0 saturated heterocycles. The van der Waals surface area contributed by atoms with E-state index in [1.807, 2.05) is 6.07 Å². The third-order valence-corrected chi connectivity index (χ3v) is 3.45. The SMILES string of the molecule is Cc1ccc(Br)cc1C(=O)Nc1cccc(C(=O)O)c1O. The second kappa shape index (κ2) is 5.97. The number of hydrogen-bond donors (Lipinski definition) is 3. The zero-order valence-electron chi connectivity index (χ0n) is 11.1. The fraction of sp³-hybridized carbons (Fsp3) is 0.0667. The number of halogens is 1. The third-order valence-electron chi connectivity index (χ3n) is 2.96. The lowest BCUT2D eigenvalue weighted by Gasteiger charge is -2.10. The van der Waals surface area contributed by atoms with Gasteiger partial charge in [0, 0.05) is 10.0 Å². The molecule has 1 amide bonds. The predicted octanol–water partition coefficient (Wildman–Crippen LogP) is 3.41. The molecule has 0 aliphatic rings. The molecule has 0 radical (unpaired) electrons. The summed E-state index contributed by atoms with van der Waals surface area (Å²) in [6.07, 6.45) is 0. The first-order valence-corrected chi connectivity index (χ1v) is 6.82. The molecule has 0 unspecified atom stereocenters. The van der Waals surface area contributed by atoms with Crippen LogP contribution in [0.25, 0.3) is 0 Å². The lowest BCUT2D eigenvalue weighted by molar-refractivity contribution is 0.0693. The van der Waals surface area contributed by atoms with Crippen LogP contribution in [0.3, 0.4) is 0 Å². The standard InChI is InChI=1S/C15H12BrNO4/c1-8-5-6-9(16)7-11(8)14(19)17-12-4-2-3-10(13(12)18)15(20)21/h2-7,18H,1H3,(H,17,19)(H,20,21). The first kappa shape index (κ1) is 15.1. The highest BCUT2D eigenvalue weighted by Crippen LogP contribution is 2.28. The van der Waals surface area contributed by atoms with Crippen molar-refractivity contribution in [1.82, 2.24) is 0 Å². The Labute approximate surface area is 129 Å². The summed E-state index contributed by atoms with van der Waals surface area (Å²) >= 11 is 3.29. The number of carbonyl (C=O) groups is 2. The Bertz CT molecular complexity index is 728. The molecule has 21 heavy (non-hydrogen) atoms. The molecule has 0 aromatic heterocycles. The summed E-state index contributed by atoms with van der Waals surface area (Å²) in [5, 5.41) is 21.3. The van der Waals surface area contributed by atoms with Gasteiger partial charge in [0.1, 0.15) is 5.56 Å². The van der Waals surface area contributed by atoms with Gasteiger partial charge in [0.05, 0.1) is 5.69 Å². The minimum atomic E-state index is -1.26. The van der Waals surface area contributed by atoms with Gasteiger partial charge in [-0.3, -0.25) is 4.79 Å². The van der Waals surface area contributed by atoms with Crippen molar-refractivity contribution in [2.24, 2.45) is 0 Å².